The summed E-state index contributed by atoms with van der Waals surface area (Å²) in [7, 11) is 0. The molecule has 3 rings (SSSR count). The molecule has 0 amide bonds. The number of ketones is 2. The van der Waals surface area contributed by atoms with Crippen LogP contribution >= 0.6 is 0 Å². The highest BCUT2D eigenvalue weighted by Gasteiger charge is 2.50. The first-order valence-electron chi connectivity index (χ1n) is 5.17. The van der Waals surface area contributed by atoms with Gasteiger partial charge in [-0.1, -0.05) is 26.0 Å². The SMILES string of the molecule is CC(=O)C1CC2C=CC1C(=O)C2(C)C. The minimum absolute atomic E-state index is 0.0504. The fourth-order valence-corrected chi connectivity index (χ4v) is 2.72. The Hall–Kier alpha value is -0.920. The first kappa shape index (κ1) is 9.63. The van der Waals surface area contributed by atoms with Crippen molar-refractivity contribution in [3.05, 3.63) is 12.2 Å². The second-order valence-electron chi connectivity index (χ2n) is 5.06. The third-order valence-corrected chi connectivity index (χ3v) is 3.88. The standard InChI is InChI=1S/C12H16O2/c1-7(13)10-6-8-4-5-9(10)11(14)12(8,2)3/h4-5,8-10H,6H2,1-3H3. The molecule has 0 radical (unpaired) electrons. The summed E-state index contributed by atoms with van der Waals surface area (Å²) in [5.41, 5.74) is -0.259. The lowest BCUT2D eigenvalue weighted by atomic mass is 9.56. The summed E-state index contributed by atoms with van der Waals surface area (Å²) < 4.78 is 0. The van der Waals surface area contributed by atoms with Crippen LogP contribution in [0.2, 0.25) is 0 Å². The first-order valence-corrected chi connectivity index (χ1v) is 5.17. The fourth-order valence-electron chi connectivity index (χ4n) is 2.72. The monoisotopic (exact) mass is 192 g/mol. The molecule has 2 nitrogen and oxygen atoms in total. The topological polar surface area (TPSA) is 34.1 Å². The Balaban J connectivity index is 2.38. The minimum Gasteiger partial charge on any atom is -0.300 e. The van der Waals surface area contributed by atoms with Crippen LogP contribution in [-0.4, -0.2) is 11.6 Å². The van der Waals surface area contributed by atoms with E-state index in [1.54, 1.807) is 6.92 Å². The molecule has 0 heterocycles. The van der Waals surface area contributed by atoms with Gasteiger partial charge in [0.05, 0.1) is 0 Å². The van der Waals surface area contributed by atoms with Gasteiger partial charge >= 0.3 is 0 Å². The molecule has 1 fully saturated rings. The van der Waals surface area contributed by atoms with Gasteiger partial charge in [0.15, 0.2) is 0 Å². The van der Waals surface area contributed by atoms with Crippen LogP contribution in [0, 0.1) is 23.2 Å². The van der Waals surface area contributed by atoms with E-state index in [0.29, 0.717) is 0 Å². The molecule has 0 saturated heterocycles. The second kappa shape index (κ2) is 2.78. The third kappa shape index (κ3) is 1.09. The second-order valence-corrected chi connectivity index (χ2v) is 5.06. The van der Waals surface area contributed by atoms with E-state index >= 15 is 0 Å². The van der Waals surface area contributed by atoms with Crippen molar-refractivity contribution in [1.29, 1.82) is 0 Å². The number of fused-ring (bicyclic) bond motifs is 2. The predicted molar refractivity (Wildman–Crippen MR) is 53.7 cm³/mol. The highest BCUT2D eigenvalue weighted by Crippen LogP contribution is 2.48. The summed E-state index contributed by atoms with van der Waals surface area (Å²) in [5.74, 6) is 0.469. The van der Waals surface area contributed by atoms with Crippen LogP contribution in [0.3, 0.4) is 0 Å². The van der Waals surface area contributed by atoms with Crippen molar-refractivity contribution in [1.82, 2.24) is 0 Å². The lowest BCUT2D eigenvalue weighted by molar-refractivity contribution is -0.143. The molecule has 3 unspecified atom stereocenters. The molecule has 0 aromatic rings. The molecule has 0 spiro atoms. The molecular weight excluding hydrogens is 176 g/mol. The van der Waals surface area contributed by atoms with Crippen LogP contribution in [-0.2, 0) is 9.59 Å². The number of rotatable bonds is 1. The van der Waals surface area contributed by atoms with Crippen LogP contribution in [0.1, 0.15) is 27.2 Å². The van der Waals surface area contributed by atoms with E-state index in [2.05, 4.69) is 6.08 Å². The predicted octanol–water partition coefficient (Wildman–Crippen LogP) is 1.99. The van der Waals surface area contributed by atoms with Gasteiger partial charge < -0.3 is 0 Å². The number of carbonyl (C=O) groups excluding carboxylic acids is 2. The molecule has 1 saturated carbocycles. The summed E-state index contributed by atoms with van der Waals surface area (Å²) in [5, 5.41) is 0. The quantitative estimate of drug-likeness (QED) is 0.595. The van der Waals surface area contributed by atoms with Gasteiger partial charge in [-0.05, 0) is 19.3 Å². The molecule has 2 bridgehead atoms. The number of Topliss-reactive ketones (excluding diaryl/α,β-unsaturated/α-hetero) is 2. The molecule has 3 atom stereocenters. The van der Waals surface area contributed by atoms with Crippen molar-refractivity contribution in [2.75, 3.05) is 0 Å². The van der Waals surface area contributed by atoms with Gasteiger partial charge in [0.25, 0.3) is 0 Å². The average molecular weight is 192 g/mol. The normalized spacial score (nSPS) is 38.8. The summed E-state index contributed by atoms with van der Waals surface area (Å²) in [6.07, 6.45) is 4.91. The maximum Gasteiger partial charge on any atom is 0.146 e. The largest absolute Gasteiger partial charge is 0.300 e. The lowest BCUT2D eigenvalue weighted by Crippen LogP contribution is -2.49. The van der Waals surface area contributed by atoms with Crippen molar-refractivity contribution in [2.45, 2.75) is 27.2 Å². The molecule has 0 aromatic heterocycles. The van der Waals surface area contributed by atoms with Gasteiger partial charge in [0.2, 0.25) is 0 Å². The van der Waals surface area contributed by atoms with Crippen LogP contribution in [0.5, 0.6) is 0 Å². The first-order chi connectivity index (χ1) is 6.44. The van der Waals surface area contributed by atoms with E-state index in [4.69, 9.17) is 0 Å². The Morgan fingerprint density at radius 3 is 2.57 bits per heavy atom. The highest BCUT2D eigenvalue weighted by molar-refractivity contribution is 5.95. The highest BCUT2D eigenvalue weighted by atomic mass is 16.1. The smallest absolute Gasteiger partial charge is 0.146 e. The van der Waals surface area contributed by atoms with Crippen molar-refractivity contribution < 1.29 is 9.59 Å². The number of carbonyl (C=O) groups is 2. The zero-order valence-electron chi connectivity index (χ0n) is 8.91. The van der Waals surface area contributed by atoms with Crippen LogP contribution in [0.15, 0.2) is 12.2 Å². The summed E-state index contributed by atoms with van der Waals surface area (Å²) >= 11 is 0. The van der Waals surface area contributed by atoms with Crippen LogP contribution < -0.4 is 0 Å². The molecular formula is C12H16O2. The Morgan fingerprint density at radius 1 is 1.43 bits per heavy atom. The Bertz CT molecular complexity index is 325. The number of hydrogen-bond acceptors (Lipinski definition) is 2. The van der Waals surface area contributed by atoms with Gasteiger partial charge in [-0.3, -0.25) is 9.59 Å². The summed E-state index contributed by atoms with van der Waals surface area (Å²) in [6, 6.07) is 0. The van der Waals surface area contributed by atoms with E-state index < -0.39 is 0 Å². The average Bonchev–Trinajstić information content (AvgIpc) is 2.13. The van der Waals surface area contributed by atoms with E-state index in [9.17, 15) is 9.59 Å². The summed E-state index contributed by atoms with van der Waals surface area (Å²) in [6.45, 7) is 5.58. The van der Waals surface area contributed by atoms with Crippen molar-refractivity contribution in [2.24, 2.45) is 23.2 Å². The van der Waals surface area contributed by atoms with Crippen LogP contribution in [0.4, 0.5) is 0 Å². The van der Waals surface area contributed by atoms with Crippen molar-refractivity contribution >= 4 is 11.6 Å². The van der Waals surface area contributed by atoms with Gasteiger partial charge in [-0.15, -0.1) is 0 Å². The zero-order chi connectivity index (χ0) is 10.5. The lowest BCUT2D eigenvalue weighted by Gasteiger charge is -2.46. The zero-order valence-corrected chi connectivity index (χ0v) is 8.91. The van der Waals surface area contributed by atoms with E-state index in [-0.39, 0.29) is 34.7 Å². The molecule has 3 aliphatic rings. The Kier molecular flexibility index (Phi) is 1.91. The molecule has 0 aliphatic heterocycles. The summed E-state index contributed by atoms with van der Waals surface area (Å²) in [4.78, 5) is 23.4. The molecule has 14 heavy (non-hydrogen) atoms. The van der Waals surface area contributed by atoms with Crippen LogP contribution in [0.25, 0.3) is 0 Å². The molecule has 0 aromatic carbocycles. The van der Waals surface area contributed by atoms with Crippen molar-refractivity contribution in [3.63, 3.8) is 0 Å². The molecule has 0 N–H and O–H groups in total. The maximum absolute atomic E-state index is 12.0. The fraction of sp³-hybridized carbons (Fsp3) is 0.667. The van der Waals surface area contributed by atoms with Crippen molar-refractivity contribution in [3.8, 4) is 0 Å². The number of allylic oxidation sites excluding steroid dienone is 2. The number of hydrogen-bond donors (Lipinski definition) is 0. The molecule has 2 heteroatoms. The van der Waals surface area contributed by atoms with E-state index in [0.717, 1.165) is 6.42 Å². The van der Waals surface area contributed by atoms with E-state index in [1.165, 1.54) is 0 Å². The molecule has 3 aliphatic carbocycles. The minimum atomic E-state index is -0.259. The molecule has 76 valence electrons. The van der Waals surface area contributed by atoms with E-state index in [1.807, 2.05) is 19.9 Å². The van der Waals surface area contributed by atoms with Gasteiger partial charge in [-0.2, -0.15) is 0 Å². The maximum atomic E-state index is 12.0. The Morgan fingerprint density at radius 2 is 2.07 bits per heavy atom. The van der Waals surface area contributed by atoms with Gasteiger partial charge in [-0.25, -0.2) is 0 Å². The van der Waals surface area contributed by atoms with Gasteiger partial charge in [0.1, 0.15) is 11.6 Å². The Labute approximate surface area is 84.4 Å². The third-order valence-electron chi connectivity index (χ3n) is 3.88. The van der Waals surface area contributed by atoms with Gasteiger partial charge in [0, 0.05) is 17.3 Å².